The summed E-state index contributed by atoms with van der Waals surface area (Å²) in [6, 6.07) is 10.2. The number of methoxy groups -OCH3 is 2. The van der Waals surface area contributed by atoms with Crippen LogP contribution in [0.15, 0.2) is 42.5 Å². The van der Waals surface area contributed by atoms with E-state index in [1.807, 2.05) is 0 Å². The summed E-state index contributed by atoms with van der Waals surface area (Å²) < 4.78 is 26.5. The van der Waals surface area contributed by atoms with E-state index in [0.29, 0.717) is 41.8 Å². The summed E-state index contributed by atoms with van der Waals surface area (Å²) in [6.07, 6.45) is 3.60. The molecule has 7 heteroatoms. The van der Waals surface area contributed by atoms with E-state index in [1.165, 1.54) is 13.2 Å². The lowest BCUT2D eigenvalue weighted by molar-refractivity contribution is -0.136. The lowest BCUT2D eigenvalue weighted by Gasteiger charge is -2.09. The number of Topliss-reactive ketones (excluding diaryl/α,β-unsaturated/α-hetero) is 1. The van der Waals surface area contributed by atoms with Crippen LogP contribution in [0.3, 0.4) is 0 Å². The second-order valence-electron chi connectivity index (χ2n) is 6.19. The Morgan fingerprint density at radius 3 is 2.48 bits per heavy atom. The van der Waals surface area contributed by atoms with Crippen molar-refractivity contribution >= 4 is 17.8 Å². The highest BCUT2D eigenvalue weighted by atomic mass is 16.5. The summed E-state index contributed by atoms with van der Waals surface area (Å²) in [7, 11) is 3.08. The third-order valence-corrected chi connectivity index (χ3v) is 4.23. The molecule has 1 aliphatic heterocycles. The third kappa shape index (κ3) is 5.28. The van der Waals surface area contributed by atoms with E-state index in [1.54, 1.807) is 49.6 Å². The van der Waals surface area contributed by atoms with Crippen LogP contribution in [0.5, 0.6) is 23.0 Å². The first kappa shape index (κ1) is 20.3. The van der Waals surface area contributed by atoms with E-state index >= 15 is 0 Å². The van der Waals surface area contributed by atoms with Gasteiger partial charge in [-0.25, -0.2) is 4.79 Å². The third-order valence-electron chi connectivity index (χ3n) is 4.23. The predicted octanol–water partition coefficient (Wildman–Crippen LogP) is 3.30. The molecule has 0 unspecified atom stereocenters. The maximum Gasteiger partial charge on any atom is 0.331 e. The number of carbonyl (C=O) groups excluding carboxylic acids is 2. The van der Waals surface area contributed by atoms with Crippen LogP contribution in [0.2, 0.25) is 0 Å². The second kappa shape index (κ2) is 9.64. The van der Waals surface area contributed by atoms with Gasteiger partial charge in [0.25, 0.3) is 0 Å². The fourth-order valence-electron chi connectivity index (χ4n) is 2.73. The largest absolute Gasteiger partial charge is 0.493 e. The molecule has 0 saturated carbocycles. The van der Waals surface area contributed by atoms with Crippen molar-refractivity contribution in [2.75, 3.05) is 34.0 Å². The lowest BCUT2D eigenvalue weighted by Crippen LogP contribution is -2.12. The Labute approximate surface area is 168 Å². The normalized spacial score (nSPS) is 12.9. The van der Waals surface area contributed by atoms with Gasteiger partial charge in [0.1, 0.15) is 0 Å². The molecule has 0 aliphatic carbocycles. The first-order valence-electron chi connectivity index (χ1n) is 9.10. The van der Waals surface area contributed by atoms with Gasteiger partial charge in [-0.15, -0.1) is 0 Å². The molecule has 29 heavy (non-hydrogen) atoms. The number of fused-ring (bicyclic) bond motifs is 1. The molecular formula is C22H22O7. The summed E-state index contributed by atoms with van der Waals surface area (Å²) in [4.78, 5) is 24.3. The summed E-state index contributed by atoms with van der Waals surface area (Å²) >= 11 is 0. The minimum atomic E-state index is -0.623. The zero-order valence-corrected chi connectivity index (χ0v) is 16.3. The van der Waals surface area contributed by atoms with E-state index < -0.39 is 5.97 Å². The van der Waals surface area contributed by atoms with Gasteiger partial charge in [0.15, 0.2) is 35.4 Å². The fraction of sp³-hybridized carbons (Fsp3) is 0.273. The van der Waals surface area contributed by atoms with Crippen LogP contribution in [-0.4, -0.2) is 45.8 Å². The fourth-order valence-corrected chi connectivity index (χ4v) is 2.73. The molecule has 0 bridgehead atoms. The Morgan fingerprint density at radius 2 is 1.72 bits per heavy atom. The van der Waals surface area contributed by atoms with Gasteiger partial charge in [-0.3, -0.25) is 4.79 Å². The standard InChI is InChI=1S/C22H22O7/c1-25-18-7-4-15(12-20(18)26-2)5-9-22(24)29-14-17(23)16-6-8-19-21(13-16)28-11-3-10-27-19/h4-9,12-13H,3,10-11,14H2,1-2H3/b9-5+. The zero-order chi connectivity index (χ0) is 20.6. The van der Waals surface area contributed by atoms with Crippen molar-refractivity contribution in [3.05, 3.63) is 53.6 Å². The molecule has 0 N–H and O–H groups in total. The van der Waals surface area contributed by atoms with Gasteiger partial charge in [-0.1, -0.05) is 6.07 Å². The van der Waals surface area contributed by atoms with Gasteiger partial charge >= 0.3 is 5.97 Å². The highest BCUT2D eigenvalue weighted by Crippen LogP contribution is 2.30. The van der Waals surface area contributed by atoms with Gasteiger partial charge in [-0.05, 0) is 42.0 Å². The number of hydrogen-bond donors (Lipinski definition) is 0. The molecule has 0 spiro atoms. The summed E-state index contributed by atoms with van der Waals surface area (Å²) in [5.74, 6) is 1.32. The van der Waals surface area contributed by atoms with Crippen molar-refractivity contribution in [1.29, 1.82) is 0 Å². The molecule has 2 aromatic carbocycles. The number of ether oxygens (including phenoxy) is 5. The van der Waals surface area contributed by atoms with Crippen molar-refractivity contribution in [2.24, 2.45) is 0 Å². The molecule has 0 fully saturated rings. The van der Waals surface area contributed by atoms with E-state index in [4.69, 9.17) is 23.7 Å². The molecule has 1 aliphatic rings. The second-order valence-corrected chi connectivity index (χ2v) is 6.19. The number of benzene rings is 2. The zero-order valence-electron chi connectivity index (χ0n) is 16.3. The quantitative estimate of drug-likeness (QED) is 0.402. The Morgan fingerprint density at radius 1 is 0.966 bits per heavy atom. The number of rotatable bonds is 7. The summed E-state index contributed by atoms with van der Waals surface area (Å²) in [5, 5.41) is 0. The van der Waals surface area contributed by atoms with Crippen molar-refractivity contribution < 1.29 is 33.3 Å². The molecule has 0 radical (unpaired) electrons. The Bertz CT molecular complexity index is 917. The van der Waals surface area contributed by atoms with Crippen LogP contribution in [0.1, 0.15) is 22.3 Å². The predicted molar refractivity (Wildman–Crippen MR) is 106 cm³/mol. The number of carbonyl (C=O) groups is 2. The van der Waals surface area contributed by atoms with Crippen LogP contribution in [-0.2, 0) is 9.53 Å². The molecular weight excluding hydrogens is 376 g/mol. The number of hydrogen-bond acceptors (Lipinski definition) is 7. The molecule has 0 saturated heterocycles. The van der Waals surface area contributed by atoms with E-state index in [2.05, 4.69) is 0 Å². The minimum Gasteiger partial charge on any atom is -0.493 e. The van der Waals surface area contributed by atoms with Crippen LogP contribution < -0.4 is 18.9 Å². The molecule has 0 amide bonds. The maximum absolute atomic E-state index is 12.3. The van der Waals surface area contributed by atoms with Crippen LogP contribution >= 0.6 is 0 Å². The average molecular weight is 398 g/mol. The Balaban J connectivity index is 1.57. The summed E-state index contributed by atoms with van der Waals surface area (Å²) in [6.45, 7) is 0.736. The van der Waals surface area contributed by atoms with Gasteiger partial charge in [-0.2, -0.15) is 0 Å². The molecule has 7 nitrogen and oxygen atoms in total. The van der Waals surface area contributed by atoms with Crippen LogP contribution in [0.25, 0.3) is 6.08 Å². The van der Waals surface area contributed by atoms with Crippen molar-refractivity contribution in [2.45, 2.75) is 6.42 Å². The highest BCUT2D eigenvalue weighted by Gasteiger charge is 2.15. The van der Waals surface area contributed by atoms with E-state index in [9.17, 15) is 9.59 Å². The van der Waals surface area contributed by atoms with Gasteiger partial charge in [0.05, 0.1) is 27.4 Å². The molecule has 0 aromatic heterocycles. The smallest absolute Gasteiger partial charge is 0.331 e. The average Bonchev–Trinajstić information content (AvgIpc) is 3.00. The van der Waals surface area contributed by atoms with E-state index in [-0.39, 0.29) is 12.4 Å². The van der Waals surface area contributed by atoms with Crippen molar-refractivity contribution in [3.8, 4) is 23.0 Å². The molecule has 2 aromatic rings. The minimum absolute atomic E-state index is 0.325. The van der Waals surface area contributed by atoms with Crippen molar-refractivity contribution in [1.82, 2.24) is 0 Å². The Kier molecular flexibility index (Phi) is 6.73. The van der Waals surface area contributed by atoms with Gasteiger partial charge in [0, 0.05) is 18.1 Å². The molecule has 3 rings (SSSR count). The van der Waals surface area contributed by atoms with Gasteiger partial charge < -0.3 is 23.7 Å². The molecule has 1 heterocycles. The lowest BCUT2D eigenvalue weighted by atomic mass is 10.1. The maximum atomic E-state index is 12.3. The van der Waals surface area contributed by atoms with Crippen molar-refractivity contribution in [3.63, 3.8) is 0 Å². The Hall–Kier alpha value is -3.48. The van der Waals surface area contributed by atoms with Crippen LogP contribution in [0.4, 0.5) is 0 Å². The highest BCUT2D eigenvalue weighted by molar-refractivity contribution is 5.99. The first-order chi connectivity index (χ1) is 14.1. The van der Waals surface area contributed by atoms with Crippen LogP contribution in [0, 0.1) is 0 Å². The number of ketones is 1. The van der Waals surface area contributed by atoms with Gasteiger partial charge in [0.2, 0.25) is 0 Å². The molecule has 0 atom stereocenters. The topological polar surface area (TPSA) is 80.3 Å². The SMILES string of the molecule is COc1ccc(/C=C/C(=O)OCC(=O)c2ccc3c(c2)OCCCO3)cc1OC. The number of esters is 1. The summed E-state index contributed by atoms with van der Waals surface area (Å²) in [5.41, 5.74) is 1.12. The molecule has 152 valence electrons. The van der Waals surface area contributed by atoms with E-state index in [0.717, 1.165) is 12.0 Å². The first-order valence-corrected chi connectivity index (χ1v) is 9.10. The monoisotopic (exact) mass is 398 g/mol.